The van der Waals surface area contributed by atoms with E-state index in [9.17, 15) is 5.11 Å². The Morgan fingerprint density at radius 2 is 2.05 bits per heavy atom. The van der Waals surface area contributed by atoms with Crippen molar-refractivity contribution < 1.29 is 5.11 Å². The maximum Gasteiger partial charge on any atom is 0.136 e. The summed E-state index contributed by atoms with van der Waals surface area (Å²) in [6, 6.07) is 2.02. The molecule has 2 aliphatic rings. The minimum absolute atomic E-state index is 0.170. The second kappa shape index (κ2) is 5.33. The van der Waals surface area contributed by atoms with Gasteiger partial charge in [-0.15, -0.1) is 0 Å². The van der Waals surface area contributed by atoms with Crippen LogP contribution in [0.15, 0.2) is 6.07 Å². The predicted molar refractivity (Wildman–Crippen MR) is 75.1 cm³/mol. The standard InChI is InChI=1S/C14H22N4O/c15-12-8-13(17-14(16-12)10-5-6-10)18-7-3-1-2-4-11(18)9-19/h8,10-11,19H,1-7,9H2,(H2,15,16,17). The molecule has 0 amide bonds. The van der Waals surface area contributed by atoms with Crippen LogP contribution in [-0.4, -0.2) is 34.3 Å². The van der Waals surface area contributed by atoms with E-state index in [4.69, 9.17) is 5.73 Å². The molecule has 0 bridgehead atoms. The summed E-state index contributed by atoms with van der Waals surface area (Å²) in [7, 11) is 0. The third kappa shape index (κ3) is 2.81. The predicted octanol–water partition coefficient (Wildman–Crippen LogP) is 1.68. The molecule has 5 heteroatoms. The monoisotopic (exact) mass is 262 g/mol. The maximum atomic E-state index is 9.59. The van der Waals surface area contributed by atoms with Gasteiger partial charge in [0.1, 0.15) is 17.5 Å². The van der Waals surface area contributed by atoms with Crippen molar-refractivity contribution in [3.63, 3.8) is 0 Å². The Kier molecular flexibility index (Phi) is 3.55. The number of aliphatic hydroxyl groups excluding tert-OH is 1. The molecule has 19 heavy (non-hydrogen) atoms. The zero-order valence-electron chi connectivity index (χ0n) is 11.3. The van der Waals surface area contributed by atoms with Gasteiger partial charge in [0.2, 0.25) is 0 Å². The number of nitrogen functional groups attached to an aromatic ring is 1. The highest BCUT2D eigenvalue weighted by atomic mass is 16.3. The fourth-order valence-electron chi connectivity index (χ4n) is 2.81. The fraction of sp³-hybridized carbons (Fsp3) is 0.714. The smallest absolute Gasteiger partial charge is 0.136 e. The summed E-state index contributed by atoms with van der Waals surface area (Å²) < 4.78 is 0. The molecule has 3 rings (SSSR count). The summed E-state index contributed by atoms with van der Waals surface area (Å²) in [6.07, 6.45) is 6.93. The van der Waals surface area contributed by atoms with E-state index in [2.05, 4.69) is 14.9 Å². The van der Waals surface area contributed by atoms with Gasteiger partial charge < -0.3 is 15.7 Å². The molecule has 1 aromatic rings. The molecule has 0 aromatic carbocycles. The third-order valence-electron chi connectivity index (χ3n) is 4.07. The number of hydrogen-bond acceptors (Lipinski definition) is 5. The van der Waals surface area contributed by atoms with Crippen molar-refractivity contribution in [2.24, 2.45) is 0 Å². The van der Waals surface area contributed by atoms with E-state index in [1.807, 2.05) is 6.07 Å². The summed E-state index contributed by atoms with van der Waals surface area (Å²) in [5.41, 5.74) is 5.92. The number of aliphatic hydroxyl groups is 1. The molecular formula is C14H22N4O. The topological polar surface area (TPSA) is 75.3 Å². The van der Waals surface area contributed by atoms with Crippen LogP contribution in [-0.2, 0) is 0 Å². The van der Waals surface area contributed by atoms with Crippen molar-refractivity contribution >= 4 is 11.6 Å². The summed E-state index contributed by atoms with van der Waals surface area (Å²) in [5.74, 6) is 2.83. The van der Waals surface area contributed by atoms with Crippen LogP contribution in [0.25, 0.3) is 0 Å². The van der Waals surface area contributed by atoms with Crippen molar-refractivity contribution in [2.75, 3.05) is 23.8 Å². The van der Waals surface area contributed by atoms with Gasteiger partial charge in [0.15, 0.2) is 0 Å². The highest BCUT2D eigenvalue weighted by Crippen LogP contribution is 2.39. The van der Waals surface area contributed by atoms with Gasteiger partial charge in [0.05, 0.1) is 12.6 Å². The van der Waals surface area contributed by atoms with Crippen LogP contribution in [0.5, 0.6) is 0 Å². The lowest BCUT2D eigenvalue weighted by Gasteiger charge is -2.30. The van der Waals surface area contributed by atoms with Gasteiger partial charge in [-0.25, -0.2) is 9.97 Å². The first-order valence-corrected chi connectivity index (χ1v) is 7.30. The second-order valence-corrected chi connectivity index (χ2v) is 5.66. The van der Waals surface area contributed by atoms with Gasteiger partial charge in [-0.05, 0) is 25.7 Å². The van der Waals surface area contributed by atoms with Crippen LogP contribution in [0.2, 0.25) is 0 Å². The zero-order valence-corrected chi connectivity index (χ0v) is 11.3. The summed E-state index contributed by atoms with van der Waals surface area (Å²) >= 11 is 0. The zero-order chi connectivity index (χ0) is 13.2. The number of hydrogen-bond donors (Lipinski definition) is 2. The number of aromatic nitrogens is 2. The molecule has 1 aliphatic carbocycles. The Labute approximate surface area is 113 Å². The van der Waals surface area contributed by atoms with Crippen molar-refractivity contribution in [3.8, 4) is 0 Å². The minimum Gasteiger partial charge on any atom is -0.394 e. The Balaban J connectivity index is 1.89. The molecule has 3 N–H and O–H groups in total. The number of nitrogens with zero attached hydrogens (tertiary/aromatic N) is 3. The molecule has 1 saturated heterocycles. The average molecular weight is 262 g/mol. The van der Waals surface area contributed by atoms with E-state index in [0.29, 0.717) is 11.7 Å². The molecular weight excluding hydrogens is 240 g/mol. The van der Waals surface area contributed by atoms with Crippen molar-refractivity contribution in [1.29, 1.82) is 0 Å². The van der Waals surface area contributed by atoms with Crippen molar-refractivity contribution in [2.45, 2.75) is 50.5 Å². The molecule has 0 spiro atoms. The van der Waals surface area contributed by atoms with Crippen LogP contribution in [0, 0.1) is 0 Å². The van der Waals surface area contributed by atoms with Crippen LogP contribution in [0.4, 0.5) is 11.6 Å². The van der Waals surface area contributed by atoms with Gasteiger partial charge in [0, 0.05) is 18.5 Å². The van der Waals surface area contributed by atoms with Gasteiger partial charge in [0.25, 0.3) is 0 Å². The highest BCUT2D eigenvalue weighted by molar-refractivity contribution is 5.48. The highest BCUT2D eigenvalue weighted by Gasteiger charge is 2.29. The van der Waals surface area contributed by atoms with E-state index in [0.717, 1.165) is 31.0 Å². The van der Waals surface area contributed by atoms with Crippen LogP contribution in [0.1, 0.15) is 50.3 Å². The second-order valence-electron chi connectivity index (χ2n) is 5.66. The molecule has 5 nitrogen and oxygen atoms in total. The Morgan fingerprint density at radius 3 is 2.79 bits per heavy atom. The number of nitrogens with two attached hydrogens (primary N) is 1. The molecule has 2 fully saturated rings. The summed E-state index contributed by atoms with van der Waals surface area (Å²) in [5, 5.41) is 9.59. The lowest BCUT2D eigenvalue weighted by atomic mass is 10.1. The quantitative estimate of drug-likeness (QED) is 0.866. The normalized spacial score (nSPS) is 24.3. The van der Waals surface area contributed by atoms with Crippen molar-refractivity contribution in [3.05, 3.63) is 11.9 Å². The summed E-state index contributed by atoms with van der Waals surface area (Å²) in [6.45, 7) is 1.13. The van der Waals surface area contributed by atoms with Crippen LogP contribution >= 0.6 is 0 Å². The first kappa shape index (κ1) is 12.7. The Bertz CT molecular complexity index is 447. The molecule has 2 heterocycles. The Hall–Kier alpha value is -1.36. The van der Waals surface area contributed by atoms with Gasteiger partial charge in [-0.2, -0.15) is 0 Å². The first-order chi connectivity index (χ1) is 9.28. The van der Waals surface area contributed by atoms with Crippen LogP contribution in [0.3, 0.4) is 0 Å². The maximum absolute atomic E-state index is 9.59. The molecule has 1 atom stereocenters. The fourth-order valence-corrected chi connectivity index (χ4v) is 2.81. The van der Waals surface area contributed by atoms with Crippen molar-refractivity contribution in [1.82, 2.24) is 9.97 Å². The third-order valence-corrected chi connectivity index (χ3v) is 4.07. The van der Waals surface area contributed by atoms with E-state index in [-0.39, 0.29) is 12.6 Å². The average Bonchev–Trinajstić information content (AvgIpc) is 3.24. The lowest BCUT2D eigenvalue weighted by Crippen LogP contribution is -2.38. The lowest BCUT2D eigenvalue weighted by molar-refractivity contribution is 0.254. The number of rotatable bonds is 3. The summed E-state index contributed by atoms with van der Waals surface area (Å²) in [4.78, 5) is 11.2. The molecule has 0 radical (unpaired) electrons. The first-order valence-electron chi connectivity index (χ1n) is 7.30. The Morgan fingerprint density at radius 1 is 1.21 bits per heavy atom. The van der Waals surface area contributed by atoms with Gasteiger partial charge >= 0.3 is 0 Å². The van der Waals surface area contributed by atoms with Gasteiger partial charge in [-0.1, -0.05) is 12.8 Å². The molecule has 1 aliphatic heterocycles. The minimum atomic E-state index is 0.170. The SMILES string of the molecule is Nc1cc(N2CCCCCC2CO)nc(C2CC2)n1. The van der Waals surface area contributed by atoms with E-state index in [1.54, 1.807) is 0 Å². The van der Waals surface area contributed by atoms with E-state index >= 15 is 0 Å². The molecule has 1 saturated carbocycles. The largest absolute Gasteiger partial charge is 0.394 e. The van der Waals surface area contributed by atoms with E-state index in [1.165, 1.54) is 25.7 Å². The van der Waals surface area contributed by atoms with Crippen LogP contribution < -0.4 is 10.6 Å². The molecule has 1 unspecified atom stereocenters. The number of anilines is 2. The van der Waals surface area contributed by atoms with E-state index < -0.39 is 0 Å². The molecule has 104 valence electrons. The molecule has 1 aromatic heterocycles. The van der Waals surface area contributed by atoms with Gasteiger partial charge in [-0.3, -0.25) is 0 Å².